The van der Waals surface area contributed by atoms with Crippen molar-refractivity contribution in [3.8, 4) is 0 Å². The maximum atomic E-state index is 12.7. The molecule has 17 heavy (non-hydrogen) atoms. The highest BCUT2D eigenvalue weighted by atomic mass is 127. The Morgan fingerprint density at radius 3 is 2.53 bits per heavy atom. The highest BCUT2D eigenvalue weighted by molar-refractivity contribution is 14.1. The first-order chi connectivity index (χ1) is 8.15. The predicted octanol–water partition coefficient (Wildman–Crippen LogP) is 4.80. The van der Waals surface area contributed by atoms with Crippen LogP contribution < -0.4 is 5.32 Å². The van der Waals surface area contributed by atoms with Gasteiger partial charge in [0.25, 0.3) is 0 Å². The predicted molar refractivity (Wildman–Crippen MR) is 80.6 cm³/mol. The molecule has 2 rings (SSSR count). The minimum Gasteiger partial charge on any atom is -0.380 e. The third-order valence-electron chi connectivity index (χ3n) is 2.32. The fourth-order valence-electron chi connectivity index (χ4n) is 1.43. The van der Waals surface area contributed by atoms with Gasteiger partial charge in [-0.1, -0.05) is 28.1 Å². The first kappa shape index (κ1) is 12.8. The van der Waals surface area contributed by atoms with Crippen molar-refractivity contribution in [3.05, 3.63) is 61.9 Å². The van der Waals surface area contributed by atoms with Crippen LogP contribution in [0.3, 0.4) is 0 Å². The van der Waals surface area contributed by atoms with E-state index >= 15 is 0 Å². The Bertz CT molecular complexity index is 513. The molecule has 0 bridgehead atoms. The second-order valence-corrected chi connectivity index (χ2v) is 5.68. The Hall–Kier alpha value is -0.620. The van der Waals surface area contributed by atoms with Gasteiger partial charge in [-0.15, -0.1) is 0 Å². The molecule has 0 atom stereocenters. The van der Waals surface area contributed by atoms with Crippen LogP contribution in [0.4, 0.5) is 10.1 Å². The van der Waals surface area contributed by atoms with E-state index in [2.05, 4.69) is 43.8 Å². The summed E-state index contributed by atoms with van der Waals surface area (Å²) in [6, 6.07) is 12.6. The molecular formula is C13H10BrFIN. The summed E-state index contributed by atoms with van der Waals surface area (Å²) in [6.07, 6.45) is 0. The van der Waals surface area contributed by atoms with Gasteiger partial charge in [-0.25, -0.2) is 4.39 Å². The topological polar surface area (TPSA) is 12.0 Å². The number of benzene rings is 2. The zero-order valence-electron chi connectivity index (χ0n) is 8.88. The maximum absolute atomic E-state index is 12.7. The van der Waals surface area contributed by atoms with Crippen molar-refractivity contribution < 1.29 is 4.39 Å². The zero-order chi connectivity index (χ0) is 12.3. The Kier molecular flexibility index (Phi) is 4.39. The molecule has 4 heteroatoms. The van der Waals surface area contributed by atoms with Gasteiger partial charge in [-0.2, -0.15) is 0 Å². The monoisotopic (exact) mass is 405 g/mol. The van der Waals surface area contributed by atoms with E-state index < -0.39 is 0 Å². The molecule has 0 saturated heterocycles. The van der Waals surface area contributed by atoms with E-state index in [0.717, 1.165) is 19.3 Å². The van der Waals surface area contributed by atoms with Gasteiger partial charge >= 0.3 is 0 Å². The lowest BCUT2D eigenvalue weighted by molar-refractivity contribution is 0.627. The second-order valence-electron chi connectivity index (χ2n) is 3.60. The van der Waals surface area contributed by atoms with E-state index in [4.69, 9.17) is 0 Å². The number of anilines is 1. The number of rotatable bonds is 3. The molecule has 0 amide bonds. The molecule has 0 fully saturated rings. The van der Waals surface area contributed by atoms with Crippen molar-refractivity contribution >= 4 is 44.2 Å². The molecule has 2 aromatic rings. The van der Waals surface area contributed by atoms with Crippen LogP contribution in [0, 0.1) is 9.39 Å². The van der Waals surface area contributed by atoms with Crippen molar-refractivity contribution in [2.75, 3.05) is 5.32 Å². The molecule has 0 heterocycles. The van der Waals surface area contributed by atoms with Gasteiger partial charge in [0.1, 0.15) is 5.82 Å². The van der Waals surface area contributed by atoms with Crippen LogP contribution in [0.5, 0.6) is 0 Å². The van der Waals surface area contributed by atoms with Crippen molar-refractivity contribution in [3.63, 3.8) is 0 Å². The average molecular weight is 406 g/mol. The van der Waals surface area contributed by atoms with Gasteiger partial charge in [0, 0.05) is 20.3 Å². The molecule has 0 aliphatic rings. The van der Waals surface area contributed by atoms with Crippen molar-refractivity contribution in [2.45, 2.75) is 6.54 Å². The third kappa shape index (κ3) is 3.67. The molecule has 1 nitrogen and oxygen atoms in total. The molecule has 0 radical (unpaired) electrons. The average Bonchev–Trinajstić information content (AvgIpc) is 2.32. The fraction of sp³-hybridized carbons (Fsp3) is 0.0769. The highest BCUT2D eigenvalue weighted by Gasteiger charge is 2.00. The molecule has 0 saturated carbocycles. The van der Waals surface area contributed by atoms with Gasteiger partial charge in [0.05, 0.1) is 0 Å². The molecule has 0 unspecified atom stereocenters. The normalized spacial score (nSPS) is 10.3. The van der Waals surface area contributed by atoms with Gasteiger partial charge < -0.3 is 5.32 Å². The van der Waals surface area contributed by atoms with E-state index in [0.29, 0.717) is 6.54 Å². The molecule has 0 aliphatic heterocycles. The van der Waals surface area contributed by atoms with Crippen LogP contribution in [0.2, 0.25) is 0 Å². The van der Waals surface area contributed by atoms with Crippen molar-refractivity contribution in [1.29, 1.82) is 0 Å². The van der Waals surface area contributed by atoms with Crippen LogP contribution in [-0.2, 0) is 6.54 Å². The lowest BCUT2D eigenvalue weighted by Crippen LogP contribution is -2.01. The Labute approximate surface area is 122 Å². The Morgan fingerprint density at radius 2 is 1.82 bits per heavy atom. The number of halogens is 3. The molecular weight excluding hydrogens is 396 g/mol. The fourth-order valence-corrected chi connectivity index (χ4v) is 2.32. The molecule has 0 spiro atoms. The third-order valence-corrected chi connectivity index (χ3v) is 3.76. The summed E-state index contributed by atoms with van der Waals surface area (Å²) >= 11 is 5.72. The first-order valence-corrected chi connectivity index (χ1v) is 6.96. The van der Waals surface area contributed by atoms with Crippen molar-refractivity contribution in [2.24, 2.45) is 0 Å². The van der Waals surface area contributed by atoms with E-state index in [1.54, 1.807) is 12.1 Å². The minimum absolute atomic E-state index is 0.203. The SMILES string of the molecule is Fc1ccc(CNc2cc(Br)ccc2I)cc1. The molecule has 0 aliphatic carbocycles. The van der Waals surface area contributed by atoms with Crippen LogP contribution in [0.1, 0.15) is 5.56 Å². The standard InChI is InChI=1S/C13H10BrFIN/c14-10-3-6-12(16)13(7-10)17-8-9-1-4-11(15)5-2-9/h1-7,17H,8H2. The largest absolute Gasteiger partial charge is 0.380 e. The van der Waals surface area contributed by atoms with Gasteiger partial charge in [-0.3, -0.25) is 0 Å². The molecule has 88 valence electrons. The molecule has 2 aromatic carbocycles. The van der Waals surface area contributed by atoms with E-state index in [1.165, 1.54) is 12.1 Å². The number of hydrogen-bond acceptors (Lipinski definition) is 1. The van der Waals surface area contributed by atoms with Crippen LogP contribution in [0.15, 0.2) is 46.9 Å². The minimum atomic E-state index is -0.203. The first-order valence-electron chi connectivity index (χ1n) is 5.08. The summed E-state index contributed by atoms with van der Waals surface area (Å²) in [4.78, 5) is 0. The van der Waals surface area contributed by atoms with Crippen LogP contribution in [0.25, 0.3) is 0 Å². The second kappa shape index (κ2) is 5.82. The van der Waals surface area contributed by atoms with E-state index in [-0.39, 0.29) is 5.82 Å². The summed E-state index contributed by atoms with van der Waals surface area (Å²) in [7, 11) is 0. The van der Waals surface area contributed by atoms with Crippen LogP contribution >= 0.6 is 38.5 Å². The van der Waals surface area contributed by atoms with Gasteiger partial charge in [-0.05, 0) is 58.5 Å². The van der Waals surface area contributed by atoms with Gasteiger partial charge in [0.2, 0.25) is 0 Å². The smallest absolute Gasteiger partial charge is 0.123 e. The lowest BCUT2D eigenvalue weighted by atomic mass is 10.2. The maximum Gasteiger partial charge on any atom is 0.123 e. The highest BCUT2D eigenvalue weighted by Crippen LogP contribution is 2.23. The van der Waals surface area contributed by atoms with E-state index in [9.17, 15) is 4.39 Å². The number of hydrogen-bond donors (Lipinski definition) is 1. The summed E-state index contributed by atoms with van der Waals surface area (Å²) in [5, 5.41) is 3.33. The lowest BCUT2D eigenvalue weighted by Gasteiger charge is -2.09. The summed E-state index contributed by atoms with van der Waals surface area (Å²) in [5.41, 5.74) is 2.13. The molecule has 0 aromatic heterocycles. The number of nitrogens with one attached hydrogen (secondary N) is 1. The summed E-state index contributed by atoms with van der Waals surface area (Å²) < 4.78 is 14.9. The summed E-state index contributed by atoms with van der Waals surface area (Å²) in [5.74, 6) is -0.203. The molecule has 1 N–H and O–H groups in total. The Morgan fingerprint density at radius 1 is 1.12 bits per heavy atom. The zero-order valence-corrected chi connectivity index (χ0v) is 12.6. The van der Waals surface area contributed by atoms with E-state index in [1.807, 2.05) is 18.2 Å². The quantitative estimate of drug-likeness (QED) is 0.723. The summed E-state index contributed by atoms with van der Waals surface area (Å²) in [6.45, 7) is 0.687. The van der Waals surface area contributed by atoms with Crippen LogP contribution in [-0.4, -0.2) is 0 Å². The van der Waals surface area contributed by atoms with Crippen molar-refractivity contribution in [1.82, 2.24) is 0 Å². The Balaban J connectivity index is 2.07. The van der Waals surface area contributed by atoms with Gasteiger partial charge in [0.15, 0.2) is 0 Å².